The molecule has 8 nitrogen and oxygen atoms in total. The Labute approximate surface area is 112 Å². The first-order valence-corrected chi connectivity index (χ1v) is 6.16. The number of hydrogen-bond donors (Lipinski definition) is 3. The van der Waals surface area contributed by atoms with Crippen molar-refractivity contribution in [2.45, 2.75) is 20.8 Å². The van der Waals surface area contributed by atoms with E-state index in [0.29, 0.717) is 19.1 Å². The molecule has 0 aliphatic rings. The topological polar surface area (TPSA) is 115 Å². The molecule has 1 heterocycles. The Morgan fingerprint density at radius 3 is 2.74 bits per heavy atom. The molecule has 0 aliphatic carbocycles. The fraction of sp³-hybridized carbons (Fsp3) is 0.636. The predicted molar refractivity (Wildman–Crippen MR) is 71.7 cm³/mol. The van der Waals surface area contributed by atoms with Gasteiger partial charge in [0.2, 0.25) is 17.8 Å². The first-order valence-electron chi connectivity index (χ1n) is 6.16. The summed E-state index contributed by atoms with van der Waals surface area (Å²) in [5.41, 5.74) is 5.51. The maximum atomic E-state index is 11.5. The molecule has 8 heteroatoms. The lowest BCUT2D eigenvalue weighted by atomic mass is 10.2. The molecule has 4 N–H and O–H groups in total. The molecule has 1 aromatic heterocycles. The quantitative estimate of drug-likeness (QED) is 0.639. The van der Waals surface area contributed by atoms with Crippen molar-refractivity contribution in [3.05, 3.63) is 0 Å². The zero-order valence-corrected chi connectivity index (χ0v) is 11.4. The zero-order valence-electron chi connectivity index (χ0n) is 11.4. The van der Waals surface area contributed by atoms with Crippen LogP contribution in [0.25, 0.3) is 0 Å². The van der Waals surface area contributed by atoms with E-state index in [1.807, 2.05) is 20.8 Å². The van der Waals surface area contributed by atoms with Gasteiger partial charge in [0.1, 0.15) is 0 Å². The van der Waals surface area contributed by atoms with Gasteiger partial charge in [0.05, 0.1) is 13.2 Å². The van der Waals surface area contributed by atoms with Crippen LogP contribution in [0.3, 0.4) is 0 Å². The fourth-order valence-electron chi connectivity index (χ4n) is 1.18. The first-order chi connectivity index (χ1) is 9.01. The number of nitrogens with one attached hydrogen (secondary N) is 2. The average Bonchev–Trinajstić information content (AvgIpc) is 2.33. The molecule has 0 unspecified atom stereocenters. The number of ether oxygens (including phenoxy) is 1. The molecule has 1 amide bonds. The van der Waals surface area contributed by atoms with Gasteiger partial charge in [-0.05, 0) is 12.8 Å². The molecule has 0 fully saturated rings. The lowest BCUT2D eigenvalue weighted by Gasteiger charge is -2.09. The van der Waals surface area contributed by atoms with E-state index in [1.165, 1.54) is 0 Å². The summed E-state index contributed by atoms with van der Waals surface area (Å²) in [5, 5.41) is 5.55. The highest BCUT2D eigenvalue weighted by Gasteiger charge is 2.07. The van der Waals surface area contributed by atoms with Crippen LogP contribution in [0.4, 0.5) is 11.9 Å². The van der Waals surface area contributed by atoms with Crippen molar-refractivity contribution in [3.63, 3.8) is 0 Å². The number of nitrogens with zero attached hydrogens (tertiary/aromatic N) is 3. The summed E-state index contributed by atoms with van der Waals surface area (Å²) in [6.07, 6.45) is 0. The Morgan fingerprint density at radius 1 is 1.37 bits per heavy atom. The summed E-state index contributed by atoms with van der Waals surface area (Å²) in [7, 11) is 0. The first kappa shape index (κ1) is 14.9. The van der Waals surface area contributed by atoms with Gasteiger partial charge in [-0.2, -0.15) is 15.0 Å². The van der Waals surface area contributed by atoms with Crippen LogP contribution < -0.4 is 21.1 Å². The third-order valence-electron chi connectivity index (χ3n) is 2.02. The summed E-state index contributed by atoms with van der Waals surface area (Å²) in [4.78, 5) is 23.2. The van der Waals surface area contributed by atoms with Crippen molar-refractivity contribution >= 4 is 17.8 Å². The molecule has 1 aromatic rings. The van der Waals surface area contributed by atoms with Crippen LogP contribution in [-0.4, -0.2) is 40.6 Å². The van der Waals surface area contributed by atoms with E-state index in [4.69, 9.17) is 10.5 Å². The van der Waals surface area contributed by atoms with Crippen molar-refractivity contribution in [1.29, 1.82) is 0 Å². The summed E-state index contributed by atoms with van der Waals surface area (Å²) < 4.78 is 5.13. The van der Waals surface area contributed by atoms with Gasteiger partial charge in [0.25, 0.3) is 0 Å². The minimum atomic E-state index is -0.134. The Hall–Kier alpha value is -2.12. The van der Waals surface area contributed by atoms with Gasteiger partial charge in [-0.25, -0.2) is 0 Å². The average molecular weight is 268 g/mol. The standard InChI is InChI=1S/C11H20N6O2/c1-4-19-11-16-9(12)15-10(17-11)14-6-8(18)13-5-7(2)3/h7H,4-6H2,1-3H3,(H,13,18)(H3,12,14,15,16,17). The van der Waals surface area contributed by atoms with Crippen LogP contribution in [0.5, 0.6) is 6.01 Å². The second-order valence-electron chi connectivity index (χ2n) is 4.28. The number of hydrogen-bond acceptors (Lipinski definition) is 7. The van der Waals surface area contributed by atoms with E-state index in [2.05, 4.69) is 25.6 Å². The summed E-state index contributed by atoms with van der Waals surface area (Å²) in [5.74, 6) is 0.533. The number of carbonyl (C=O) groups is 1. The number of aromatic nitrogens is 3. The zero-order chi connectivity index (χ0) is 14.3. The summed E-state index contributed by atoms with van der Waals surface area (Å²) in [6.45, 7) is 6.99. The lowest BCUT2D eigenvalue weighted by Crippen LogP contribution is -2.32. The number of nitrogens with two attached hydrogens (primary N) is 1. The van der Waals surface area contributed by atoms with Crippen LogP contribution in [0.2, 0.25) is 0 Å². The molecule has 0 aromatic carbocycles. The van der Waals surface area contributed by atoms with E-state index >= 15 is 0 Å². The van der Waals surface area contributed by atoms with E-state index in [9.17, 15) is 4.79 Å². The number of rotatable bonds is 7. The molecule has 19 heavy (non-hydrogen) atoms. The summed E-state index contributed by atoms with van der Waals surface area (Å²) in [6, 6.07) is 0.139. The molecule has 106 valence electrons. The number of anilines is 2. The van der Waals surface area contributed by atoms with Crippen molar-refractivity contribution < 1.29 is 9.53 Å². The summed E-state index contributed by atoms with van der Waals surface area (Å²) >= 11 is 0. The molecule has 0 atom stereocenters. The highest BCUT2D eigenvalue weighted by molar-refractivity contribution is 5.80. The van der Waals surface area contributed by atoms with Crippen LogP contribution in [0.1, 0.15) is 20.8 Å². The van der Waals surface area contributed by atoms with E-state index in [1.54, 1.807) is 0 Å². The van der Waals surface area contributed by atoms with E-state index in [0.717, 1.165) is 0 Å². The van der Waals surface area contributed by atoms with Crippen molar-refractivity contribution in [3.8, 4) is 6.01 Å². The smallest absolute Gasteiger partial charge is 0.323 e. The van der Waals surface area contributed by atoms with Gasteiger partial charge in [-0.3, -0.25) is 4.79 Å². The molecule has 1 rings (SSSR count). The normalized spacial score (nSPS) is 10.3. The van der Waals surface area contributed by atoms with Crippen LogP contribution in [-0.2, 0) is 4.79 Å². The van der Waals surface area contributed by atoms with Gasteiger partial charge < -0.3 is 21.1 Å². The maximum absolute atomic E-state index is 11.5. The van der Waals surface area contributed by atoms with E-state index < -0.39 is 0 Å². The van der Waals surface area contributed by atoms with Crippen LogP contribution in [0, 0.1) is 5.92 Å². The largest absolute Gasteiger partial charge is 0.464 e. The second-order valence-corrected chi connectivity index (χ2v) is 4.28. The Bertz CT molecular complexity index is 424. The molecule has 0 saturated heterocycles. The highest BCUT2D eigenvalue weighted by atomic mass is 16.5. The molecule has 0 saturated carbocycles. The van der Waals surface area contributed by atoms with Gasteiger partial charge in [0.15, 0.2) is 0 Å². The predicted octanol–water partition coefficient (Wildman–Crippen LogP) is 0.0366. The Balaban J connectivity index is 2.50. The van der Waals surface area contributed by atoms with Crippen molar-refractivity contribution in [1.82, 2.24) is 20.3 Å². The third-order valence-corrected chi connectivity index (χ3v) is 2.02. The Morgan fingerprint density at radius 2 is 2.11 bits per heavy atom. The fourth-order valence-corrected chi connectivity index (χ4v) is 1.18. The van der Waals surface area contributed by atoms with Gasteiger partial charge in [-0.15, -0.1) is 0 Å². The van der Waals surface area contributed by atoms with Crippen molar-refractivity contribution in [2.24, 2.45) is 5.92 Å². The minimum absolute atomic E-state index is 0.0449. The van der Waals surface area contributed by atoms with Crippen LogP contribution >= 0.6 is 0 Å². The Kier molecular flexibility index (Phi) is 5.77. The number of carbonyl (C=O) groups excluding carboxylic acids is 1. The van der Waals surface area contributed by atoms with Gasteiger partial charge in [-0.1, -0.05) is 13.8 Å². The molecular weight excluding hydrogens is 248 g/mol. The lowest BCUT2D eigenvalue weighted by molar-refractivity contribution is -0.119. The van der Waals surface area contributed by atoms with Gasteiger partial charge >= 0.3 is 6.01 Å². The molecule has 0 bridgehead atoms. The van der Waals surface area contributed by atoms with E-state index in [-0.39, 0.29) is 30.4 Å². The SMILES string of the molecule is CCOc1nc(N)nc(NCC(=O)NCC(C)C)n1. The third kappa shape index (κ3) is 5.84. The monoisotopic (exact) mass is 268 g/mol. The molecule has 0 aliphatic heterocycles. The molecule has 0 radical (unpaired) electrons. The molecular formula is C11H20N6O2. The minimum Gasteiger partial charge on any atom is -0.464 e. The van der Waals surface area contributed by atoms with Gasteiger partial charge in [0, 0.05) is 6.54 Å². The maximum Gasteiger partial charge on any atom is 0.323 e. The highest BCUT2D eigenvalue weighted by Crippen LogP contribution is 2.08. The molecule has 0 spiro atoms. The number of nitrogen functional groups attached to an aromatic ring is 1. The second kappa shape index (κ2) is 7.34. The van der Waals surface area contributed by atoms with Crippen molar-refractivity contribution in [2.75, 3.05) is 30.7 Å². The van der Waals surface area contributed by atoms with Crippen LogP contribution in [0.15, 0.2) is 0 Å². The number of amides is 1.